The van der Waals surface area contributed by atoms with Crippen LogP contribution in [0.3, 0.4) is 0 Å². The van der Waals surface area contributed by atoms with Crippen molar-refractivity contribution in [3.05, 3.63) is 46.2 Å². The number of ketones is 2. The second kappa shape index (κ2) is 14.1. The quantitative estimate of drug-likeness (QED) is 0.188. The van der Waals surface area contributed by atoms with Gasteiger partial charge >= 0.3 is 5.97 Å². The largest absolute Gasteiger partial charge is 0.508 e. The number of benzene rings is 1. The average Bonchev–Trinajstić information content (AvgIpc) is 3.60. The number of fused-ring (bicyclic) bond motifs is 3. The molecule has 13 heteroatoms. The number of esters is 1. The molecular formula is C36H46N2O10S. The van der Waals surface area contributed by atoms with Gasteiger partial charge in [-0.25, -0.2) is 0 Å². The van der Waals surface area contributed by atoms with Crippen molar-refractivity contribution in [3.63, 3.8) is 0 Å². The van der Waals surface area contributed by atoms with Crippen LogP contribution in [0.1, 0.15) is 68.9 Å². The van der Waals surface area contributed by atoms with E-state index in [0.717, 1.165) is 25.7 Å². The summed E-state index contributed by atoms with van der Waals surface area (Å²) >= 11 is 1.71. The predicted octanol–water partition coefficient (Wildman–Crippen LogP) is 3.17. The highest BCUT2D eigenvalue weighted by atomic mass is 32.2. The second-order valence-electron chi connectivity index (χ2n) is 14.1. The third-order valence-corrected chi connectivity index (χ3v) is 12.5. The van der Waals surface area contributed by atoms with Crippen molar-refractivity contribution in [2.24, 2.45) is 17.8 Å². The standard InChI is InChI=1S/C36H46N2O10S/c1-4-23(40)48-32-25-21(17-49-19-8-5-6-9-19)20-10-7-11-22(39)24(20)30(41)26(25)33(43)36(46)28(32)29(38(2)3)31(42)27(34(36)44)35(45)37-16-18-12-14-47-15-13-18/h7,10-11,18-19,21,25,28-29,32,39,41,44,46H,4-6,8-9,12-17H2,1-3H3,(H,37,45)/t21-,25+,28+,29-,32-,36-/m1/s1. The van der Waals surface area contributed by atoms with Gasteiger partial charge in [0.2, 0.25) is 5.78 Å². The number of aliphatic hydroxyl groups is 3. The lowest BCUT2D eigenvalue weighted by Crippen LogP contribution is -2.71. The molecule has 1 aliphatic heterocycles. The molecular weight excluding hydrogens is 652 g/mol. The van der Waals surface area contributed by atoms with Gasteiger partial charge in [0.1, 0.15) is 28.9 Å². The Labute approximate surface area is 289 Å². The number of rotatable bonds is 9. The Kier molecular flexibility index (Phi) is 10.2. The number of ether oxygens (including phenoxy) is 2. The number of nitrogens with zero attached hydrogens (tertiary/aromatic N) is 1. The first-order valence-electron chi connectivity index (χ1n) is 17.3. The van der Waals surface area contributed by atoms with Crippen LogP contribution < -0.4 is 5.32 Å². The Morgan fingerprint density at radius 2 is 1.78 bits per heavy atom. The summed E-state index contributed by atoms with van der Waals surface area (Å²) in [6, 6.07) is 3.40. The topological polar surface area (TPSA) is 183 Å². The van der Waals surface area contributed by atoms with Crippen molar-refractivity contribution in [2.75, 3.05) is 39.6 Å². The van der Waals surface area contributed by atoms with Gasteiger partial charge < -0.3 is 35.2 Å². The highest BCUT2D eigenvalue weighted by molar-refractivity contribution is 7.99. The zero-order chi connectivity index (χ0) is 35.2. The maximum atomic E-state index is 14.8. The van der Waals surface area contributed by atoms with Crippen molar-refractivity contribution in [2.45, 2.75) is 80.8 Å². The van der Waals surface area contributed by atoms with E-state index in [2.05, 4.69) is 5.32 Å². The molecule has 6 atom stereocenters. The molecule has 0 bridgehead atoms. The Morgan fingerprint density at radius 1 is 1.08 bits per heavy atom. The van der Waals surface area contributed by atoms with Gasteiger partial charge in [0.05, 0.1) is 17.5 Å². The predicted molar refractivity (Wildman–Crippen MR) is 181 cm³/mol. The van der Waals surface area contributed by atoms with E-state index in [9.17, 15) is 39.6 Å². The first-order valence-corrected chi connectivity index (χ1v) is 18.3. The molecule has 3 fully saturated rings. The van der Waals surface area contributed by atoms with Crippen LogP contribution in [0.5, 0.6) is 5.75 Å². The van der Waals surface area contributed by atoms with Crippen molar-refractivity contribution in [1.29, 1.82) is 0 Å². The van der Waals surface area contributed by atoms with Crippen LogP contribution in [0.25, 0.3) is 5.76 Å². The van der Waals surface area contributed by atoms with E-state index >= 15 is 0 Å². The van der Waals surface area contributed by atoms with E-state index in [1.807, 2.05) is 0 Å². The molecule has 49 heavy (non-hydrogen) atoms. The molecule has 1 aromatic carbocycles. The zero-order valence-corrected chi connectivity index (χ0v) is 29.0. The first kappa shape index (κ1) is 35.4. The summed E-state index contributed by atoms with van der Waals surface area (Å²) in [6.45, 7) is 2.84. The van der Waals surface area contributed by atoms with Crippen LogP contribution in [-0.4, -0.2) is 111 Å². The maximum absolute atomic E-state index is 14.8. The third kappa shape index (κ3) is 6.06. The van der Waals surface area contributed by atoms with Gasteiger partial charge in [-0.15, -0.1) is 0 Å². The number of amides is 1. The fourth-order valence-electron chi connectivity index (χ4n) is 8.49. The minimum atomic E-state index is -2.93. The lowest BCUT2D eigenvalue weighted by atomic mass is 9.54. The monoisotopic (exact) mass is 698 g/mol. The van der Waals surface area contributed by atoms with Gasteiger partial charge in [0, 0.05) is 54.6 Å². The molecule has 0 aromatic heterocycles. The summed E-state index contributed by atoms with van der Waals surface area (Å²) in [6.07, 6.45) is 4.18. The molecule has 0 unspecified atom stereocenters. The molecule has 2 saturated carbocycles. The van der Waals surface area contributed by atoms with Crippen molar-refractivity contribution in [1.82, 2.24) is 10.2 Å². The lowest BCUT2D eigenvalue weighted by Gasteiger charge is -2.55. The third-order valence-electron chi connectivity index (χ3n) is 11.0. The zero-order valence-electron chi connectivity index (χ0n) is 28.1. The number of hydrogen-bond donors (Lipinski definition) is 5. The smallest absolute Gasteiger partial charge is 0.305 e. The Hall–Kier alpha value is -3.39. The molecule has 5 aliphatic rings. The molecule has 4 aliphatic carbocycles. The number of Topliss-reactive ketones (excluding diaryl/α,β-unsaturated/α-hetero) is 2. The minimum absolute atomic E-state index is 0.0238. The van der Waals surface area contributed by atoms with Gasteiger partial charge in [-0.1, -0.05) is 31.9 Å². The molecule has 266 valence electrons. The summed E-state index contributed by atoms with van der Waals surface area (Å²) in [5.74, 6) is -8.23. The average molecular weight is 699 g/mol. The molecule has 0 radical (unpaired) electrons. The van der Waals surface area contributed by atoms with Crippen LogP contribution in [0.2, 0.25) is 0 Å². The number of aromatic hydroxyl groups is 1. The van der Waals surface area contributed by atoms with E-state index in [-0.39, 0.29) is 35.8 Å². The molecule has 0 spiro atoms. The summed E-state index contributed by atoms with van der Waals surface area (Å²) in [5, 5.41) is 50.3. The number of nitrogens with one attached hydrogen (secondary N) is 1. The highest BCUT2D eigenvalue weighted by Crippen LogP contribution is 2.58. The van der Waals surface area contributed by atoms with E-state index in [1.54, 1.807) is 44.9 Å². The molecule has 1 amide bonds. The molecule has 1 heterocycles. The minimum Gasteiger partial charge on any atom is -0.508 e. The van der Waals surface area contributed by atoms with Crippen LogP contribution in [0, 0.1) is 17.8 Å². The number of phenols is 1. The van der Waals surface area contributed by atoms with Gasteiger partial charge in [0.15, 0.2) is 11.4 Å². The van der Waals surface area contributed by atoms with Crippen molar-refractivity contribution >= 4 is 41.0 Å². The Bertz CT molecular complexity index is 1580. The summed E-state index contributed by atoms with van der Waals surface area (Å²) in [4.78, 5) is 57.5. The number of likely N-dealkylation sites (N-methyl/N-ethyl adjacent to an activating group) is 1. The normalized spacial score (nSPS) is 30.7. The number of carbonyl (C=O) groups is 4. The van der Waals surface area contributed by atoms with Crippen LogP contribution >= 0.6 is 11.8 Å². The fraction of sp³-hybridized carbons (Fsp3) is 0.611. The Morgan fingerprint density at radius 3 is 2.43 bits per heavy atom. The maximum Gasteiger partial charge on any atom is 0.305 e. The number of phenolic OH excluding ortho intramolecular Hbond substituents is 1. The molecule has 5 N–H and O–H groups in total. The summed E-state index contributed by atoms with van der Waals surface area (Å²) in [5.41, 5.74) is -3.44. The van der Waals surface area contributed by atoms with E-state index < -0.39 is 76.0 Å². The van der Waals surface area contributed by atoms with Crippen LogP contribution in [-0.2, 0) is 28.7 Å². The first-order chi connectivity index (χ1) is 23.4. The number of hydrogen-bond acceptors (Lipinski definition) is 12. The van der Waals surface area contributed by atoms with Gasteiger partial charge in [0.25, 0.3) is 5.91 Å². The van der Waals surface area contributed by atoms with Gasteiger partial charge in [-0.3, -0.25) is 24.1 Å². The van der Waals surface area contributed by atoms with E-state index in [4.69, 9.17) is 9.47 Å². The van der Waals surface area contributed by atoms with Crippen molar-refractivity contribution in [3.8, 4) is 5.75 Å². The molecule has 1 saturated heterocycles. The molecule has 6 rings (SSSR count). The van der Waals surface area contributed by atoms with Crippen molar-refractivity contribution < 1.29 is 49.1 Å². The number of aliphatic hydroxyl groups excluding tert-OH is 2. The van der Waals surface area contributed by atoms with E-state index in [0.29, 0.717) is 42.6 Å². The van der Waals surface area contributed by atoms with Gasteiger partial charge in [-0.2, -0.15) is 11.8 Å². The second-order valence-corrected chi connectivity index (χ2v) is 15.4. The molecule has 1 aromatic rings. The highest BCUT2D eigenvalue weighted by Gasteiger charge is 2.70. The van der Waals surface area contributed by atoms with Crippen LogP contribution in [0.15, 0.2) is 35.1 Å². The SMILES string of the molecule is CCC(=O)O[C@@H]1[C@@H]2C(=C(O)c3c(O)cccc3[C@H]2CSC2CCCC2)C(=O)[C@@]2(O)C(O)=C(C(=O)NCC3CCOCC3)C(=O)[C@H](N(C)C)[C@@H]12. The fourth-order valence-corrected chi connectivity index (χ4v) is 10.0. The lowest BCUT2D eigenvalue weighted by molar-refractivity contribution is -0.185. The summed E-state index contributed by atoms with van der Waals surface area (Å²) < 4.78 is 11.5. The van der Waals surface area contributed by atoms with Crippen LogP contribution in [0.4, 0.5) is 0 Å². The summed E-state index contributed by atoms with van der Waals surface area (Å²) in [7, 11) is 3.10. The number of carbonyl (C=O) groups excluding carboxylic acids is 4. The van der Waals surface area contributed by atoms with Gasteiger partial charge in [-0.05, 0) is 57.3 Å². The number of thioether (sulfide) groups is 1. The molecule has 12 nitrogen and oxygen atoms in total. The van der Waals surface area contributed by atoms with E-state index in [1.165, 1.54) is 11.0 Å². The Balaban J connectivity index is 1.52.